The van der Waals surface area contributed by atoms with Gasteiger partial charge in [0, 0.05) is 38.8 Å². The van der Waals surface area contributed by atoms with E-state index in [1.165, 1.54) is 39.7 Å². The zero-order chi connectivity index (χ0) is 25.5. The van der Waals surface area contributed by atoms with Gasteiger partial charge in [-0.05, 0) is 36.0 Å². The summed E-state index contributed by atoms with van der Waals surface area (Å²) in [6.07, 6.45) is 3.04. The van der Waals surface area contributed by atoms with E-state index in [0.717, 1.165) is 17.0 Å². The van der Waals surface area contributed by atoms with E-state index >= 15 is 0 Å². The molecule has 3 aromatic rings. The number of H-pyrrole nitrogens is 1. The highest BCUT2D eigenvalue weighted by molar-refractivity contribution is 6.00. The van der Waals surface area contributed by atoms with Crippen LogP contribution >= 0.6 is 0 Å². The first-order chi connectivity index (χ1) is 17.6. The molecule has 0 radical (unpaired) electrons. The molecule has 4 rings (SSSR count). The van der Waals surface area contributed by atoms with E-state index in [4.69, 9.17) is 28.4 Å². The smallest absolute Gasteiger partial charge is 0.343 e. The Kier molecular flexibility index (Phi) is 8.29. The number of carbonyl (C=O) groups excluding carboxylic acids is 1. The van der Waals surface area contributed by atoms with Crippen LogP contribution in [0.15, 0.2) is 36.4 Å². The summed E-state index contributed by atoms with van der Waals surface area (Å²) in [4.78, 5) is 12.6. The molecule has 1 aromatic heterocycles. The van der Waals surface area contributed by atoms with E-state index in [2.05, 4.69) is 27.6 Å². The molecule has 0 amide bonds. The van der Waals surface area contributed by atoms with Gasteiger partial charge in [-0.15, -0.1) is 0 Å². The molecule has 36 heavy (non-hydrogen) atoms. The second-order valence-corrected chi connectivity index (χ2v) is 8.36. The summed E-state index contributed by atoms with van der Waals surface area (Å²) in [6, 6.07) is 11.4. The standard InChI is InChI=1S/C26H31N3O7/c1-31-14-35-19-12-21(25(26(30)34-4)23(13-19)36-15-32-2)27-24-11-18(28-29-24)9-16-5-8-22(33-3)20(10-16)17-6-7-17/h5,8,10-13,17H,6-7,9,14-15H2,1-4H3,(H2,27,28,29). The second-order valence-electron chi connectivity index (χ2n) is 8.36. The number of nitrogens with one attached hydrogen (secondary N) is 2. The number of methoxy groups -OCH3 is 4. The Labute approximate surface area is 209 Å². The molecule has 1 heterocycles. The van der Waals surface area contributed by atoms with Gasteiger partial charge in [0.25, 0.3) is 0 Å². The van der Waals surface area contributed by atoms with Gasteiger partial charge in [-0.1, -0.05) is 12.1 Å². The lowest BCUT2D eigenvalue weighted by Gasteiger charge is -2.17. The summed E-state index contributed by atoms with van der Waals surface area (Å²) in [5.41, 5.74) is 3.85. The Balaban J connectivity index is 1.58. The van der Waals surface area contributed by atoms with Crippen LogP contribution in [0.3, 0.4) is 0 Å². The van der Waals surface area contributed by atoms with Gasteiger partial charge < -0.3 is 33.7 Å². The van der Waals surface area contributed by atoms with E-state index in [1.807, 2.05) is 12.1 Å². The number of aromatic nitrogens is 2. The maximum absolute atomic E-state index is 12.6. The quantitative estimate of drug-likeness (QED) is 0.262. The minimum Gasteiger partial charge on any atom is -0.496 e. The predicted octanol–water partition coefficient (Wildman–Crippen LogP) is 4.38. The van der Waals surface area contributed by atoms with Gasteiger partial charge in [0.05, 0.1) is 25.6 Å². The summed E-state index contributed by atoms with van der Waals surface area (Å²) in [5.74, 6) is 2.20. The fourth-order valence-corrected chi connectivity index (χ4v) is 3.93. The molecule has 1 fully saturated rings. The zero-order valence-electron chi connectivity index (χ0n) is 20.9. The first-order valence-electron chi connectivity index (χ1n) is 11.5. The molecule has 0 saturated heterocycles. The van der Waals surface area contributed by atoms with Crippen molar-refractivity contribution in [2.24, 2.45) is 0 Å². The summed E-state index contributed by atoms with van der Waals surface area (Å²) in [5, 5.41) is 10.6. The summed E-state index contributed by atoms with van der Waals surface area (Å²) < 4.78 is 31.7. The van der Waals surface area contributed by atoms with Crippen molar-refractivity contribution >= 4 is 17.5 Å². The van der Waals surface area contributed by atoms with Crippen LogP contribution in [-0.2, 0) is 20.6 Å². The van der Waals surface area contributed by atoms with Crippen LogP contribution in [0.25, 0.3) is 0 Å². The molecule has 1 aliphatic rings. The van der Waals surface area contributed by atoms with Crippen molar-refractivity contribution < 1.29 is 33.2 Å². The number of aromatic amines is 1. The van der Waals surface area contributed by atoms with Gasteiger partial charge in [-0.25, -0.2) is 4.79 Å². The third-order valence-corrected chi connectivity index (χ3v) is 5.74. The highest BCUT2D eigenvalue weighted by atomic mass is 16.7. The third kappa shape index (κ3) is 6.07. The van der Waals surface area contributed by atoms with Gasteiger partial charge in [-0.3, -0.25) is 5.10 Å². The van der Waals surface area contributed by atoms with Crippen LogP contribution in [0.2, 0.25) is 0 Å². The minimum absolute atomic E-state index is 0.0274. The highest BCUT2D eigenvalue weighted by Crippen LogP contribution is 2.44. The lowest BCUT2D eigenvalue weighted by atomic mass is 10.0. The number of esters is 1. The summed E-state index contributed by atoms with van der Waals surface area (Å²) >= 11 is 0. The number of hydrogen-bond donors (Lipinski definition) is 2. The molecular formula is C26H31N3O7. The molecule has 0 bridgehead atoms. The van der Waals surface area contributed by atoms with Crippen molar-refractivity contribution in [1.82, 2.24) is 10.2 Å². The van der Waals surface area contributed by atoms with Crippen LogP contribution in [0, 0.1) is 0 Å². The molecule has 192 valence electrons. The van der Waals surface area contributed by atoms with Crippen molar-refractivity contribution in [2.45, 2.75) is 25.2 Å². The maximum Gasteiger partial charge on any atom is 0.343 e. The van der Waals surface area contributed by atoms with Crippen molar-refractivity contribution in [3.8, 4) is 17.2 Å². The fourth-order valence-electron chi connectivity index (χ4n) is 3.93. The number of anilines is 2. The van der Waals surface area contributed by atoms with Crippen molar-refractivity contribution in [3.05, 3.63) is 58.8 Å². The number of rotatable bonds is 13. The van der Waals surface area contributed by atoms with E-state index in [0.29, 0.717) is 29.6 Å². The van der Waals surface area contributed by atoms with E-state index < -0.39 is 5.97 Å². The number of hydrogen-bond acceptors (Lipinski definition) is 9. The number of carbonyl (C=O) groups is 1. The fraction of sp³-hybridized carbons (Fsp3) is 0.385. The van der Waals surface area contributed by atoms with Gasteiger partial charge in [0.2, 0.25) is 0 Å². The molecule has 0 aliphatic heterocycles. The SMILES string of the molecule is COCOc1cc(Nc2cc(Cc3ccc(OC)c(C4CC4)c3)n[nH]2)c(C(=O)OC)c(OCOC)c1. The topological polar surface area (TPSA) is 113 Å². The summed E-state index contributed by atoms with van der Waals surface area (Å²) in [7, 11) is 6.02. The molecule has 10 heteroatoms. The number of benzene rings is 2. The van der Waals surface area contributed by atoms with Crippen LogP contribution in [-0.4, -0.2) is 58.2 Å². The molecule has 2 N–H and O–H groups in total. The van der Waals surface area contributed by atoms with Crippen molar-refractivity contribution in [2.75, 3.05) is 47.3 Å². The Hall–Kier alpha value is -3.76. The largest absolute Gasteiger partial charge is 0.496 e. The maximum atomic E-state index is 12.6. The van der Waals surface area contributed by atoms with Gasteiger partial charge >= 0.3 is 5.97 Å². The molecular weight excluding hydrogens is 466 g/mol. The lowest BCUT2D eigenvalue weighted by Crippen LogP contribution is -2.11. The molecule has 2 aromatic carbocycles. The van der Waals surface area contributed by atoms with Gasteiger partial charge in [0.1, 0.15) is 28.6 Å². The molecule has 0 atom stereocenters. The Morgan fingerprint density at radius 3 is 2.47 bits per heavy atom. The first kappa shape index (κ1) is 25.3. The van der Waals surface area contributed by atoms with E-state index in [9.17, 15) is 4.79 Å². The number of ether oxygens (including phenoxy) is 6. The molecule has 1 aliphatic carbocycles. The highest BCUT2D eigenvalue weighted by Gasteiger charge is 2.27. The van der Waals surface area contributed by atoms with Crippen molar-refractivity contribution in [1.29, 1.82) is 0 Å². The zero-order valence-corrected chi connectivity index (χ0v) is 20.9. The van der Waals surface area contributed by atoms with Crippen LogP contribution in [0.1, 0.15) is 45.9 Å². The Bertz CT molecular complexity index is 1190. The average Bonchev–Trinajstić information content (AvgIpc) is 3.65. The first-order valence-corrected chi connectivity index (χ1v) is 11.5. The van der Waals surface area contributed by atoms with Crippen LogP contribution in [0.4, 0.5) is 11.5 Å². The average molecular weight is 498 g/mol. The molecule has 0 unspecified atom stereocenters. The van der Waals surface area contributed by atoms with Crippen molar-refractivity contribution in [3.63, 3.8) is 0 Å². The van der Waals surface area contributed by atoms with E-state index in [1.54, 1.807) is 19.2 Å². The van der Waals surface area contributed by atoms with Crippen LogP contribution in [0.5, 0.6) is 17.2 Å². The molecule has 10 nitrogen and oxygen atoms in total. The monoisotopic (exact) mass is 497 g/mol. The van der Waals surface area contributed by atoms with Gasteiger partial charge in [-0.2, -0.15) is 5.10 Å². The normalized spacial score (nSPS) is 12.8. The molecule has 0 spiro atoms. The lowest BCUT2D eigenvalue weighted by molar-refractivity contribution is 0.0436. The van der Waals surface area contributed by atoms with Crippen LogP contribution < -0.4 is 19.5 Å². The minimum atomic E-state index is -0.576. The molecule has 1 saturated carbocycles. The van der Waals surface area contributed by atoms with Gasteiger partial charge in [0.15, 0.2) is 13.6 Å². The second kappa shape index (κ2) is 11.8. The number of nitrogens with zero attached hydrogens (tertiary/aromatic N) is 1. The van der Waals surface area contributed by atoms with E-state index in [-0.39, 0.29) is 24.9 Å². The Morgan fingerprint density at radius 2 is 1.78 bits per heavy atom. The summed E-state index contributed by atoms with van der Waals surface area (Å²) in [6.45, 7) is -0.0320. The third-order valence-electron chi connectivity index (χ3n) is 5.74. The predicted molar refractivity (Wildman–Crippen MR) is 132 cm³/mol. The Morgan fingerprint density at radius 1 is 1.00 bits per heavy atom.